The average molecular weight is 1380 g/mol. The minimum absolute atomic E-state index is 0.175. The van der Waals surface area contributed by atoms with E-state index >= 15 is 0 Å². The Kier molecular flexibility index (Phi) is 36.0. The molecule has 538 valence electrons. The lowest BCUT2D eigenvalue weighted by atomic mass is 10.1. The Morgan fingerprint density at radius 2 is 0.571 bits per heavy atom. The van der Waals surface area contributed by atoms with Crippen LogP contribution >= 0.6 is 0 Å². The quantitative estimate of drug-likeness (QED) is 0.0271. The fourth-order valence-electron chi connectivity index (χ4n) is 9.10. The summed E-state index contributed by atoms with van der Waals surface area (Å²) < 4.78 is 28.7. The van der Waals surface area contributed by atoms with Crippen LogP contribution in [0.5, 0.6) is 28.7 Å². The van der Waals surface area contributed by atoms with Crippen LogP contribution in [0.25, 0.3) is 0 Å². The maximum absolute atomic E-state index is 14.3. The number of amides is 14. The number of likely N-dealkylation sites (N-methyl/N-ethyl adjacent to an activating group) is 4. The molecule has 0 atom stereocenters. The summed E-state index contributed by atoms with van der Waals surface area (Å²) in [5.74, 6) is -12.5. The van der Waals surface area contributed by atoms with Crippen molar-refractivity contribution in [2.24, 2.45) is 0 Å². The molecule has 0 fully saturated rings. The molecule has 0 aliphatic rings. The standard InChI is InChI=1S/C65H94N14O19/c1-12-22-27-66-60(88)43-29-45(49(97-39-53(82)70-35-57(86)78(18-7)19-8)31-47(43)95-37-51(80)68-33-55(84)76(14-3)15-4)64(92)74-72-62(90)41-25-24-26-42(59(41)94-11)63(91)73-75-65(93)46-30-44(61(89)67-28-23-13-2)48(96-38-52(81)69-34-56(85)77(16-5)17-6)32-50(46)98-40-54(83)71-36-58(87)79(20-9)21-10/h24-26,29-32H,12-23,27-28,33-40H2,1-11H3,(H,66,88)(H,67,89)(H,68,80)(H,69,81)(H,70,82)(H,71,83)(H,72,90)(H,73,91)(H,74,92)(H,75,93). The van der Waals surface area contributed by atoms with Gasteiger partial charge in [0.1, 0.15) is 28.7 Å². The number of rotatable bonds is 41. The number of hydrazine groups is 2. The fourth-order valence-corrected chi connectivity index (χ4v) is 9.10. The number of nitrogens with zero attached hydrogens (tertiary/aromatic N) is 4. The van der Waals surface area contributed by atoms with Crippen molar-refractivity contribution in [1.82, 2.24) is 73.2 Å². The van der Waals surface area contributed by atoms with E-state index in [1.54, 1.807) is 55.4 Å². The van der Waals surface area contributed by atoms with E-state index in [-0.39, 0.29) is 71.7 Å². The molecule has 0 aliphatic heterocycles. The van der Waals surface area contributed by atoms with Crippen LogP contribution in [0.1, 0.15) is 157 Å². The van der Waals surface area contributed by atoms with Crippen LogP contribution in [0.4, 0.5) is 0 Å². The molecule has 0 aromatic heterocycles. The zero-order valence-corrected chi connectivity index (χ0v) is 57.6. The van der Waals surface area contributed by atoms with Crippen molar-refractivity contribution >= 4 is 82.7 Å². The van der Waals surface area contributed by atoms with Gasteiger partial charge in [0.25, 0.3) is 59.1 Å². The third-order valence-corrected chi connectivity index (χ3v) is 14.7. The van der Waals surface area contributed by atoms with Gasteiger partial charge in [-0.25, -0.2) is 0 Å². The molecule has 98 heavy (non-hydrogen) atoms. The summed E-state index contributed by atoms with van der Waals surface area (Å²) in [5, 5.41) is 15.2. The maximum atomic E-state index is 14.3. The van der Waals surface area contributed by atoms with Gasteiger partial charge in [-0.2, -0.15) is 0 Å². The largest absolute Gasteiger partial charge is 0.495 e. The van der Waals surface area contributed by atoms with Crippen LogP contribution < -0.4 is 77.3 Å². The highest BCUT2D eigenvalue weighted by atomic mass is 16.5. The molecule has 0 spiro atoms. The SMILES string of the molecule is CCCCNC(=O)c1cc(C(=O)NNC(=O)c2cccc(C(=O)NNC(=O)c3cc(C(=O)NCCCC)c(OCC(=O)NCC(=O)N(CC)CC)cc3OCC(=O)NCC(=O)N(CC)CC)c2OC)c(OCC(=O)NCC(=O)N(CC)CC)cc1OCC(=O)NCC(=O)N(CC)CC. The lowest BCUT2D eigenvalue weighted by molar-refractivity contribution is -0.133. The Morgan fingerprint density at radius 3 is 0.806 bits per heavy atom. The van der Waals surface area contributed by atoms with Gasteiger partial charge in [-0.3, -0.25) is 88.8 Å². The third-order valence-electron chi connectivity index (χ3n) is 14.7. The van der Waals surface area contributed by atoms with Gasteiger partial charge in [-0.05, 0) is 92.5 Å². The Morgan fingerprint density at radius 1 is 0.327 bits per heavy atom. The van der Waals surface area contributed by atoms with Gasteiger partial charge in [0.2, 0.25) is 23.6 Å². The second-order valence-electron chi connectivity index (χ2n) is 21.1. The second kappa shape index (κ2) is 43.3. The number of carbonyl (C=O) groups excluding carboxylic acids is 14. The van der Waals surface area contributed by atoms with E-state index in [1.807, 2.05) is 13.8 Å². The monoisotopic (exact) mass is 1370 g/mol. The highest BCUT2D eigenvalue weighted by molar-refractivity contribution is 6.08. The molecule has 0 bridgehead atoms. The van der Waals surface area contributed by atoms with E-state index < -0.39 is 139 Å². The molecule has 0 heterocycles. The first kappa shape index (κ1) is 81.5. The number of methoxy groups -OCH3 is 1. The van der Waals surface area contributed by atoms with Crippen molar-refractivity contribution < 1.29 is 90.8 Å². The number of unbranched alkanes of at least 4 members (excludes halogenated alkanes) is 2. The zero-order chi connectivity index (χ0) is 72.9. The zero-order valence-electron chi connectivity index (χ0n) is 57.6. The number of ether oxygens (including phenoxy) is 5. The Labute approximate surface area is 569 Å². The van der Waals surface area contributed by atoms with E-state index in [0.29, 0.717) is 78.0 Å². The van der Waals surface area contributed by atoms with Crippen molar-refractivity contribution in [3.63, 3.8) is 0 Å². The smallest absolute Gasteiger partial charge is 0.273 e. The van der Waals surface area contributed by atoms with Gasteiger partial charge in [-0.15, -0.1) is 0 Å². The van der Waals surface area contributed by atoms with Crippen molar-refractivity contribution in [2.45, 2.75) is 94.9 Å². The van der Waals surface area contributed by atoms with Gasteiger partial charge in [0, 0.05) is 77.6 Å². The summed E-state index contributed by atoms with van der Waals surface area (Å²) in [6, 6.07) is 7.83. The molecule has 33 heteroatoms. The summed E-state index contributed by atoms with van der Waals surface area (Å²) >= 11 is 0. The van der Waals surface area contributed by atoms with Crippen molar-refractivity contribution in [2.75, 3.05) is 125 Å². The molecule has 10 N–H and O–H groups in total. The normalized spacial score (nSPS) is 10.4. The number of hydrogen-bond donors (Lipinski definition) is 10. The van der Waals surface area contributed by atoms with Crippen LogP contribution in [-0.2, 0) is 38.4 Å². The van der Waals surface area contributed by atoms with Crippen molar-refractivity contribution in [1.29, 1.82) is 0 Å². The van der Waals surface area contributed by atoms with Crippen LogP contribution in [-0.4, -0.2) is 227 Å². The summed E-state index contributed by atoms with van der Waals surface area (Å²) in [5.41, 5.74) is 6.54. The van der Waals surface area contributed by atoms with Crippen molar-refractivity contribution in [3.05, 3.63) is 75.8 Å². The minimum atomic E-state index is -1.15. The number of carbonyl (C=O) groups is 14. The van der Waals surface area contributed by atoms with Gasteiger partial charge in [0.05, 0.1) is 66.7 Å². The van der Waals surface area contributed by atoms with E-state index in [2.05, 4.69) is 53.6 Å². The van der Waals surface area contributed by atoms with E-state index in [0.717, 1.165) is 31.4 Å². The predicted octanol–water partition coefficient (Wildman–Crippen LogP) is 0.358. The molecule has 0 unspecified atom stereocenters. The molecule has 3 aromatic carbocycles. The van der Waals surface area contributed by atoms with Crippen LogP contribution in [0, 0.1) is 0 Å². The molecular weight excluding hydrogens is 1280 g/mol. The fraction of sp³-hybridized carbons (Fsp3) is 0.508. The van der Waals surface area contributed by atoms with Crippen molar-refractivity contribution in [3.8, 4) is 28.7 Å². The van der Waals surface area contributed by atoms with Gasteiger partial charge < -0.3 is 75.2 Å². The summed E-state index contributed by atoms with van der Waals surface area (Å²) in [6.07, 6.45) is 2.46. The number of hydrogen-bond acceptors (Lipinski definition) is 19. The van der Waals surface area contributed by atoms with E-state index in [9.17, 15) is 67.1 Å². The number of benzene rings is 3. The molecular formula is C65H94N14O19. The minimum Gasteiger partial charge on any atom is -0.495 e. The lowest BCUT2D eigenvalue weighted by Crippen LogP contribution is -2.43. The molecule has 33 nitrogen and oxygen atoms in total. The van der Waals surface area contributed by atoms with Gasteiger partial charge in [-0.1, -0.05) is 32.8 Å². The third kappa shape index (κ3) is 25.8. The molecule has 3 aromatic rings. The first-order chi connectivity index (χ1) is 46.9. The maximum Gasteiger partial charge on any atom is 0.273 e. The van der Waals surface area contributed by atoms with Crippen LogP contribution in [0.15, 0.2) is 42.5 Å². The molecule has 0 saturated carbocycles. The molecule has 0 radical (unpaired) electrons. The first-order valence-electron chi connectivity index (χ1n) is 32.4. The summed E-state index contributed by atoms with van der Waals surface area (Å²) in [7, 11) is 1.11. The average Bonchev–Trinajstić information content (AvgIpc) is 0.813. The first-order valence-corrected chi connectivity index (χ1v) is 32.4. The predicted molar refractivity (Wildman–Crippen MR) is 356 cm³/mol. The Bertz CT molecular complexity index is 3090. The molecule has 0 aliphatic carbocycles. The van der Waals surface area contributed by atoms with Gasteiger partial charge in [0.15, 0.2) is 26.4 Å². The number of nitrogens with one attached hydrogen (secondary N) is 10. The second-order valence-corrected chi connectivity index (χ2v) is 21.1. The summed E-state index contributed by atoms with van der Waals surface area (Å²) in [6.45, 7) is 16.7. The van der Waals surface area contributed by atoms with Gasteiger partial charge >= 0.3 is 0 Å². The lowest BCUT2D eigenvalue weighted by Gasteiger charge is -2.20. The van der Waals surface area contributed by atoms with E-state index in [4.69, 9.17) is 23.7 Å². The summed E-state index contributed by atoms with van der Waals surface area (Å²) in [4.78, 5) is 193. The Balaban J connectivity index is 2.04. The molecule has 3 rings (SSSR count). The topological polar surface area (TPSA) is 418 Å². The van der Waals surface area contributed by atoms with Crippen LogP contribution in [0.2, 0.25) is 0 Å². The Hall–Kier alpha value is -10.8. The molecule has 14 amide bonds. The van der Waals surface area contributed by atoms with E-state index in [1.165, 1.54) is 37.8 Å². The highest BCUT2D eigenvalue weighted by Crippen LogP contribution is 2.32. The molecule has 0 saturated heterocycles. The number of para-hydroxylation sites is 1. The van der Waals surface area contributed by atoms with Crippen LogP contribution in [0.3, 0.4) is 0 Å². The highest BCUT2D eigenvalue weighted by Gasteiger charge is 2.29.